The van der Waals surface area contributed by atoms with Gasteiger partial charge in [-0.15, -0.1) is 0 Å². The molecule has 0 saturated heterocycles. The zero-order valence-corrected chi connectivity index (χ0v) is 11.9. The number of aliphatic carboxylic acids is 1. The lowest BCUT2D eigenvalue weighted by Gasteiger charge is -2.10. The summed E-state index contributed by atoms with van der Waals surface area (Å²) < 4.78 is 26.4. The number of hydrogen-bond acceptors (Lipinski definition) is 3. The van der Waals surface area contributed by atoms with Crippen molar-refractivity contribution in [2.24, 2.45) is 0 Å². The molecule has 0 saturated carbocycles. The predicted octanol–water partition coefficient (Wildman–Crippen LogP) is 1.86. The third-order valence-corrected chi connectivity index (χ3v) is 3.94. The standard InChI is InChI=1S/C13H17NO4S/c1-9(2)14-19(17,18)12-6-4-5-11(8-12)7-10(3)13(15)16/h4-9,14H,1-3H3,(H,15,16)/b10-7+. The Hall–Kier alpha value is -1.66. The highest BCUT2D eigenvalue weighted by Crippen LogP contribution is 2.14. The second kappa shape index (κ2) is 5.99. The van der Waals surface area contributed by atoms with E-state index in [2.05, 4.69) is 4.72 Å². The molecule has 19 heavy (non-hydrogen) atoms. The van der Waals surface area contributed by atoms with Gasteiger partial charge in [-0.3, -0.25) is 0 Å². The van der Waals surface area contributed by atoms with Crippen LogP contribution < -0.4 is 4.72 Å². The van der Waals surface area contributed by atoms with Gasteiger partial charge in [0.25, 0.3) is 0 Å². The van der Waals surface area contributed by atoms with Gasteiger partial charge in [0.15, 0.2) is 0 Å². The van der Waals surface area contributed by atoms with Gasteiger partial charge >= 0.3 is 5.97 Å². The smallest absolute Gasteiger partial charge is 0.331 e. The normalized spacial score (nSPS) is 12.7. The van der Waals surface area contributed by atoms with Crippen LogP contribution in [0.5, 0.6) is 0 Å². The van der Waals surface area contributed by atoms with Gasteiger partial charge in [0.1, 0.15) is 0 Å². The summed E-state index contributed by atoms with van der Waals surface area (Å²) in [6.45, 7) is 4.92. The summed E-state index contributed by atoms with van der Waals surface area (Å²) in [5.41, 5.74) is 0.679. The molecular weight excluding hydrogens is 266 g/mol. The van der Waals surface area contributed by atoms with Gasteiger partial charge in [0.05, 0.1) is 4.90 Å². The zero-order valence-electron chi connectivity index (χ0n) is 11.0. The topological polar surface area (TPSA) is 83.5 Å². The number of carbonyl (C=O) groups is 1. The summed E-state index contributed by atoms with van der Waals surface area (Å²) in [6, 6.07) is 5.94. The van der Waals surface area contributed by atoms with E-state index in [1.807, 2.05) is 0 Å². The van der Waals surface area contributed by atoms with Crippen LogP contribution in [0.1, 0.15) is 26.3 Å². The maximum atomic E-state index is 12.0. The molecule has 2 N–H and O–H groups in total. The van der Waals surface area contributed by atoms with E-state index >= 15 is 0 Å². The van der Waals surface area contributed by atoms with Crippen molar-refractivity contribution in [3.63, 3.8) is 0 Å². The van der Waals surface area contributed by atoms with Crippen LogP contribution >= 0.6 is 0 Å². The molecule has 6 heteroatoms. The van der Waals surface area contributed by atoms with Gasteiger partial charge in [-0.25, -0.2) is 17.9 Å². The fourth-order valence-electron chi connectivity index (χ4n) is 1.46. The molecular formula is C13H17NO4S. The lowest BCUT2D eigenvalue weighted by Crippen LogP contribution is -2.30. The monoisotopic (exact) mass is 283 g/mol. The molecule has 1 aromatic rings. The number of nitrogens with one attached hydrogen (secondary N) is 1. The molecule has 0 fully saturated rings. The van der Waals surface area contributed by atoms with Gasteiger partial charge in [0, 0.05) is 11.6 Å². The van der Waals surface area contributed by atoms with Crippen molar-refractivity contribution in [2.75, 3.05) is 0 Å². The fraction of sp³-hybridized carbons (Fsp3) is 0.308. The van der Waals surface area contributed by atoms with Gasteiger partial charge in [0.2, 0.25) is 10.0 Å². The van der Waals surface area contributed by atoms with E-state index in [9.17, 15) is 13.2 Å². The molecule has 0 heterocycles. The number of carboxylic acids is 1. The minimum atomic E-state index is -3.56. The van der Waals surface area contributed by atoms with Crippen LogP contribution in [0, 0.1) is 0 Å². The van der Waals surface area contributed by atoms with Crippen molar-refractivity contribution in [1.29, 1.82) is 0 Å². The Bertz CT molecular complexity index is 603. The first-order valence-corrected chi connectivity index (χ1v) is 7.24. The Balaban J connectivity index is 3.15. The van der Waals surface area contributed by atoms with Crippen molar-refractivity contribution >= 4 is 22.1 Å². The summed E-state index contributed by atoms with van der Waals surface area (Å²) in [6.07, 6.45) is 1.43. The summed E-state index contributed by atoms with van der Waals surface area (Å²) in [4.78, 5) is 10.9. The molecule has 0 aliphatic heterocycles. The molecule has 0 aliphatic carbocycles. The van der Waals surface area contributed by atoms with Crippen molar-refractivity contribution in [3.8, 4) is 0 Å². The highest BCUT2D eigenvalue weighted by atomic mass is 32.2. The Kier molecular flexibility index (Phi) is 4.85. The maximum Gasteiger partial charge on any atom is 0.331 e. The number of hydrogen-bond donors (Lipinski definition) is 2. The number of carboxylic acid groups (broad SMARTS) is 1. The van der Waals surface area contributed by atoms with E-state index in [1.165, 1.54) is 25.1 Å². The van der Waals surface area contributed by atoms with E-state index in [0.717, 1.165) is 0 Å². The van der Waals surface area contributed by atoms with Crippen molar-refractivity contribution in [1.82, 2.24) is 4.72 Å². The largest absolute Gasteiger partial charge is 0.478 e. The average molecular weight is 283 g/mol. The lowest BCUT2D eigenvalue weighted by molar-refractivity contribution is -0.132. The van der Waals surface area contributed by atoms with E-state index < -0.39 is 16.0 Å². The number of sulfonamides is 1. The molecule has 0 amide bonds. The Morgan fingerprint density at radius 1 is 1.37 bits per heavy atom. The SMILES string of the molecule is C/C(=C\c1cccc(S(=O)(=O)NC(C)C)c1)C(=O)O. The minimum absolute atomic E-state index is 0.119. The van der Waals surface area contributed by atoms with Gasteiger partial charge in [-0.05, 0) is 44.5 Å². The zero-order chi connectivity index (χ0) is 14.6. The summed E-state index contributed by atoms with van der Waals surface area (Å²) in [7, 11) is -3.56. The Morgan fingerprint density at radius 3 is 2.53 bits per heavy atom. The van der Waals surface area contributed by atoms with Crippen molar-refractivity contribution in [3.05, 3.63) is 35.4 Å². The van der Waals surface area contributed by atoms with Crippen LogP contribution in [0.15, 0.2) is 34.7 Å². The van der Waals surface area contributed by atoms with E-state index in [-0.39, 0.29) is 16.5 Å². The first-order valence-electron chi connectivity index (χ1n) is 5.76. The molecule has 1 aromatic carbocycles. The number of benzene rings is 1. The fourth-order valence-corrected chi connectivity index (χ4v) is 2.77. The highest BCUT2D eigenvalue weighted by Gasteiger charge is 2.15. The minimum Gasteiger partial charge on any atom is -0.478 e. The molecule has 0 bridgehead atoms. The third-order valence-electron chi connectivity index (χ3n) is 2.28. The van der Waals surface area contributed by atoms with Crippen LogP contribution in [0.25, 0.3) is 6.08 Å². The first kappa shape index (κ1) is 15.4. The number of rotatable bonds is 5. The summed E-state index contributed by atoms with van der Waals surface area (Å²) in [5, 5.41) is 8.79. The molecule has 0 unspecified atom stereocenters. The Labute approximate surface area is 113 Å². The van der Waals surface area contributed by atoms with Crippen LogP contribution in [0.4, 0.5) is 0 Å². The maximum absolute atomic E-state index is 12.0. The third kappa shape index (κ3) is 4.50. The predicted molar refractivity (Wildman–Crippen MR) is 73.2 cm³/mol. The van der Waals surface area contributed by atoms with Crippen LogP contribution in [0.2, 0.25) is 0 Å². The quantitative estimate of drug-likeness (QED) is 0.808. The second-order valence-corrected chi connectivity index (χ2v) is 6.19. The molecule has 0 aromatic heterocycles. The molecule has 0 spiro atoms. The second-order valence-electron chi connectivity index (χ2n) is 4.48. The average Bonchev–Trinajstić information content (AvgIpc) is 2.27. The molecule has 0 atom stereocenters. The Morgan fingerprint density at radius 2 is 2.00 bits per heavy atom. The molecule has 0 aliphatic rings. The molecule has 5 nitrogen and oxygen atoms in total. The van der Waals surface area contributed by atoms with E-state index in [1.54, 1.807) is 26.0 Å². The van der Waals surface area contributed by atoms with Crippen LogP contribution in [0.3, 0.4) is 0 Å². The van der Waals surface area contributed by atoms with Gasteiger partial charge in [-0.2, -0.15) is 0 Å². The van der Waals surface area contributed by atoms with Crippen molar-refractivity contribution < 1.29 is 18.3 Å². The van der Waals surface area contributed by atoms with Crippen molar-refractivity contribution in [2.45, 2.75) is 31.7 Å². The molecule has 0 radical (unpaired) electrons. The summed E-state index contributed by atoms with van der Waals surface area (Å²) >= 11 is 0. The van der Waals surface area contributed by atoms with E-state index in [0.29, 0.717) is 5.56 Å². The van der Waals surface area contributed by atoms with Gasteiger partial charge in [-0.1, -0.05) is 12.1 Å². The molecule has 1 rings (SSSR count). The summed E-state index contributed by atoms with van der Waals surface area (Å²) in [5.74, 6) is -1.03. The highest BCUT2D eigenvalue weighted by molar-refractivity contribution is 7.89. The van der Waals surface area contributed by atoms with Crippen LogP contribution in [-0.2, 0) is 14.8 Å². The van der Waals surface area contributed by atoms with E-state index in [4.69, 9.17) is 5.11 Å². The van der Waals surface area contributed by atoms with Crippen LogP contribution in [-0.4, -0.2) is 25.5 Å². The lowest BCUT2D eigenvalue weighted by atomic mass is 10.1. The first-order chi connectivity index (χ1) is 8.72. The molecule has 104 valence electrons. The van der Waals surface area contributed by atoms with Gasteiger partial charge < -0.3 is 5.11 Å².